The molecule has 84 valence electrons. The van der Waals surface area contributed by atoms with Gasteiger partial charge in [-0.3, -0.25) is 0 Å². The second kappa shape index (κ2) is 3.71. The highest BCUT2D eigenvalue weighted by molar-refractivity contribution is 5.30. The zero-order valence-electron chi connectivity index (χ0n) is 8.69. The third-order valence-corrected chi connectivity index (χ3v) is 2.31. The van der Waals surface area contributed by atoms with E-state index in [1.165, 1.54) is 17.2 Å². The Hall–Kier alpha value is -2.70. The fourth-order valence-corrected chi connectivity index (χ4v) is 1.52. The fourth-order valence-electron chi connectivity index (χ4n) is 1.52. The number of H-pyrrole nitrogens is 1. The normalized spacial score (nSPS) is 10.6. The number of para-hydroxylation sites is 1. The first-order chi connectivity index (χ1) is 8.36. The summed E-state index contributed by atoms with van der Waals surface area (Å²) in [6.07, 6.45) is 2.77. The molecule has 2 aromatic heterocycles. The van der Waals surface area contributed by atoms with Crippen LogP contribution in [0.3, 0.4) is 0 Å². The maximum Gasteiger partial charge on any atom is 0.357 e. The van der Waals surface area contributed by atoms with Crippen molar-refractivity contribution in [1.29, 1.82) is 0 Å². The molecule has 17 heavy (non-hydrogen) atoms. The van der Waals surface area contributed by atoms with Crippen LogP contribution in [0.2, 0.25) is 0 Å². The summed E-state index contributed by atoms with van der Waals surface area (Å²) in [5, 5.41) is 10.2. The number of hydrogen-bond donors (Lipinski definition) is 1. The van der Waals surface area contributed by atoms with Crippen LogP contribution in [-0.4, -0.2) is 29.5 Å². The van der Waals surface area contributed by atoms with Crippen molar-refractivity contribution in [1.82, 2.24) is 29.5 Å². The molecule has 0 amide bonds. The molecule has 3 rings (SSSR count). The van der Waals surface area contributed by atoms with Crippen molar-refractivity contribution in [2.45, 2.75) is 0 Å². The lowest BCUT2D eigenvalue weighted by molar-refractivity contribution is 0.774. The Bertz CT molecular complexity index is 666. The second-order valence-electron chi connectivity index (χ2n) is 3.34. The van der Waals surface area contributed by atoms with Gasteiger partial charge in [0.05, 0.1) is 5.69 Å². The third kappa shape index (κ3) is 1.53. The Morgan fingerprint density at radius 2 is 2.00 bits per heavy atom. The molecule has 0 saturated heterocycles. The number of benzene rings is 1. The summed E-state index contributed by atoms with van der Waals surface area (Å²) in [7, 11) is 0. The Kier molecular flexibility index (Phi) is 2.08. The van der Waals surface area contributed by atoms with Gasteiger partial charge in [-0.2, -0.15) is 15.2 Å². The fraction of sp³-hybridized carbons (Fsp3) is 0. The maximum absolute atomic E-state index is 12.0. The van der Waals surface area contributed by atoms with Gasteiger partial charge in [-0.1, -0.05) is 18.2 Å². The molecule has 3 aromatic rings. The van der Waals surface area contributed by atoms with Crippen molar-refractivity contribution >= 4 is 0 Å². The summed E-state index contributed by atoms with van der Waals surface area (Å²) in [6, 6.07) is 9.25. The molecule has 7 heteroatoms. The first-order valence-electron chi connectivity index (χ1n) is 4.94. The molecular formula is C10H8N6O. The molecule has 0 aliphatic carbocycles. The monoisotopic (exact) mass is 228 g/mol. The van der Waals surface area contributed by atoms with Crippen molar-refractivity contribution in [2.24, 2.45) is 0 Å². The number of aromatic nitrogens is 6. The first kappa shape index (κ1) is 9.52. The van der Waals surface area contributed by atoms with Crippen LogP contribution in [0.1, 0.15) is 0 Å². The maximum atomic E-state index is 12.0. The van der Waals surface area contributed by atoms with Crippen molar-refractivity contribution in [3.8, 4) is 11.6 Å². The summed E-state index contributed by atoms with van der Waals surface area (Å²) >= 11 is 0. The van der Waals surface area contributed by atoms with E-state index in [1.54, 1.807) is 0 Å². The number of rotatable bonds is 2. The van der Waals surface area contributed by atoms with E-state index in [-0.39, 0.29) is 5.69 Å². The van der Waals surface area contributed by atoms with Gasteiger partial charge in [0, 0.05) is 0 Å². The SMILES string of the molecule is O=c1n(-c2ccccc2)cnn1-c1ncn[nH]1. The minimum absolute atomic E-state index is 0.296. The summed E-state index contributed by atoms with van der Waals surface area (Å²) in [4.78, 5) is 15.9. The van der Waals surface area contributed by atoms with Gasteiger partial charge in [-0.15, -0.1) is 4.68 Å². The molecule has 1 aromatic carbocycles. The first-order valence-corrected chi connectivity index (χ1v) is 4.94. The highest BCUT2D eigenvalue weighted by atomic mass is 16.2. The molecular weight excluding hydrogens is 220 g/mol. The van der Waals surface area contributed by atoms with Crippen molar-refractivity contribution < 1.29 is 0 Å². The highest BCUT2D eigenvalue weighted by Crippen LogP contribution is 2.03. The zero-order chi connectivity index (χ0) is 11.7. The largest absolute Gasteiger partial charge is 0.357 e. The number of nitrogens with zero attached hydrogens (tertiary/aromatic N) is 5. The van der Waals surface area contributed by atoms with Crippen LogP contribution in [0.4, 0.5) is 0 Å². The molecule has 0 atom stereocenters. The van der Waals surface area contributed by atoms with Gasteiger partial charge < -0.3 is 0 Å². The smallest absolute Gasteiger partial charge is 0.249 e. The molecule has 0 saturated carbocycles. The average Bonchev–Trinajstić information content (AvgIpc) is 2.99. The van der Waals surface area contributed by atoms with Gasteiger partial charge in [0.25, 0.3) is 5.95 Å². The third-order valence-electron chi connectivity index (χ3n) is 2.31. The van der Waals surface area contributed by atoms with E-state index < -0.39 is 0 Å². The lowest BCUT2D eigenvalue weighted by atomic mass is 10.3. The van der Waals surface area contributed by atoms with Gasteiger partial charge in [-0.05, 0) is 12.1 Å². The predicted octanol–water partition coefficient (Wildman–Crippen LogP) is 0.141. The Balaban J connectivity index is 2.14. The molecule has 1 N–H and O–H groups in total. The predicted molar refractivity (Wildman–Crippen MR) is 59.1 cm³/mol. The minimum atomic E-state index is -0.298. The topological polar surface area (TPSA) is 81.4 Å². The summed E-state index contributed by atoms with van der Waals surface area (Å²) in [6.45, 7) is 0. The Labute approximate surface area is 95.4 Å². The van der Waals surface area contributed by atoms with Crippen LogP contribution >= 0.6 is 0 Å². The van der Waals surface area contributed by atoms with Crippen LogP contribution in [-0.2, 0) is 0 Å². The van der Waals surface area contributed by atoms with E-state index in [4.69, 9.17) is 0 Å². The zero-order valence-corrected chi connectivity index (χ0v) is 8.69. The Morgan fingerprint density at radius 1 is 1.18 bits per heavy atom. The van der Waals surface area contributed by atoms with Gasteiger partial charge in [-0.25, -0.2) is 14.5 Å². The van der Waals surface area contributed by atoms with E-state index in [0.29, 0.717) is 5.95 Å². The van der Waals surface area contributed by atoms with E-state index in [2.05, 4.69) is 20.3 Å². The minimum Gasteiger partial charge on any atom is -0.249 e. The van der Waals surface area contributed by atoms with Gasteiger partial charge >= 0.3 is 5.69 Å². The van der Waals surface area contributed by atoms with Gasteiger partial charge in [0.15, 0.2) is 0 Å². The summed E-state index contributed by atoms with van der Waals surface area (Å²) in [5.41, 5.74) is 0.455. The van der Waals surface area contributed by atoms with Crippen molar-refractivity contribution in [2.75, 3.05) is 0 Å². The van der Waals surface area contributed by atoms with E-state index in [9.17, 15) is 4.79 Å². The average molecular weight is 228 g/mol. The molecule has 0 fully saturated rings. The highest BCUT2D eigenvalue weighted by Gasteiger charge is 2.09. The summed E-state index contributed by atoms with van der Waals surface area (Å²) < 4.78 is 2.59. The molecule has 0 spiro atoms. The standard InChI is InChI=1S/C10H8N6O/c17-10-15(8-4-2-1-3-5-8)7-13-16(10)9-11-6-12-14-9/h1-7H,(H,11,12,14). The van der Waals surface area contributed by atoms with E-state index in [0.717, 1.165) is 10.4 Å². The van der Waals surface area contributed by atoms with Crippen LogP contribution in [0, 0.1) is 0 Å². The van der Waals surface area contributed by atoms with Crippen LogP contribution in [0.5, 0.6) is 0 Å². The molecule has 0 aliphatic rings. The van der Waals surface area contributed by atoms with Crippen molar-refractivity contribution in [3.05, 3.63) is 53.5 Å². The second-order valence-corrected chi connectivity index (χ2v) is 3.34. The molecule has 2 heterocycles. The van der Waals surface area contributed by atoms with Gasteiger partial charge in [0.1, 0.15) is 12.7 Å². The molecule has 0 unspecified atom stereocenters. The van der Waals surface area contributed by atoms with Crippen LogP contribution in [0.15, 0.2) is 47.8 Å². The molecule has 7 nitrogen and oxygen atoms in total. The number of nitrogens with one attached hydrogen (secondary N) is 1. The number of hydrogen-bond acceptors (Lipinski definition) is 4. The lowest BCUT2D eigenvalue weighted by Gasteiger charge is -1.97. The number of aromatic amines is 1. The quantitative estimate of drug-likeness (QED) is 0.676. The van der Waals surface area contributed by atoms with E-state index in [1.807, 2.05) is 30.3 Å². The van der Waals surface area contributed by atoms with Crippen LogP contribution in [0.25, 0.3) is 11.6 Å². The van der Waals surface area contributed by atoms with Crippen LogP contribution < -0.4 is 5.69 Å². The van der Waals surface area contributed by atoms with E-state index >= 15 is 0 Å². The molecule has 0 radical (unpaired) electrons. The van der Waals surface area contributed by atoms with Gasteiger partial charge in [0.2, 0.25) is 0 Å². The molecule has 0 aliphatic heterocycles. The van der Waals surface area contributed by atoms with Crippen molar-refractivity contribution in [3.63, 3.8) is 0 Å². The lowest BCUT2D eigenvalue weighted by Crippen LogP contribution is -2.23. The summed E-state index contributed by atoms with van der Waals surface area (Å²) in [5.74, 6) is 0.296. The molecule has 0 bridgehead atoms. The Morgan fingerprint density at radius 3 is 2.71 bits per heavy atom.